The van der Waals surface area contributed by atoms with E-state index in [1.54, 1.807) is 0 Å². The van der Waals surface area contributed by atoms with E-state index >= 15 is 0 Å². The Morgan fingerprint density at radius 2 is 1.53 bits per heavy atom. The first-order valence-electron chi connectivity index (χ1n) is 11.2. The summed E-state index contributed by atoms with van der Waals surface area (Å²) < 4.78 is 69.5. The van der Waals surface area contributed by atoms with Gasteiger partial charge >= 0.3 is 24.3 Å². The number of carbonyl (C=O) groups is 2. The average Bonchev–Trinajstić information content (AvgIpc) is 3.54. The number of carboxylic acid groups (broad SMARTS) is 2. The molecule has 0 aromatic carbocycles. The number of halogens is 6. The molecule has 36 heavy (non-hydrogen) atoms. The van der Waals surface area contributed by atoms with Crippen molar-refractivity contribution in [3.63, 3.8) is 0 Å². The van der Waals surface area contributed by atoms with Crippen molar-refractivity contribution >= 4 is 23.3 Å². The lowest BCUT2D eigenvalue weighted by Crippen LogP contribution is -2.52. The third-order valence-corrected chi connectivity index (χ3v) is 6.70. The fraction of sp³-hybridized carbons (Fsp3) is 0.714. The number of fused-ring (bicyclic) bond motifs is 1. The Kier molecular flexibility index (Phi) is 11.4. The molecule has 4 rings (SSSR count). The van der Waals surface area contributed by atoms with Crippen LogP contribution in [0, 0.1) is 0 Å². The fourth-order valence-corrected chi connectivity index (χ4v) is 4.89. The van der Waals surface area contributed by atoms with E-state index in [2.05, 4.69) is 32.2 Å². The first kappa shape index (κ1) is 30.3. The highest BCUT2D eigenvalue weighted by molar-refractivity contribution is 7.09. The summed E-state index contributed by atoms with van der Waals surface area (Å²) in [7, 11) is 0. The highest BCUT2D eigenvalue weighted by atomic mass is 32.1. The number of nitrogens with zero attached hydrogens (tertiary/aromatic N) is 3. The third kappa shape index (κ3) is 10.2. The Morgan fingerprint density at radius 1 is 0.944 bits per heavy atom. The van der Waals surface area contributed by atoms with Gasteiger partial charge in [-0.1, -0.05) is 6.07 Å². The highest BCUT2D eigenvalue weighted by Crippen LogP contribution is 2.25. The van der Waals surface area contributed by atoms with E-state index in [9.17, 15) is 26.3 Å². The van der Waals surface area contributed by atoms with Gasteiger partial charge in [-0.05, 0) is 37.4 Å². The van der Waals surface area contributed by atoms with Crippen LogP contribution in [-0.2, 0) is 20.9 Å². The average molecular weight is 550 g/mol. The molecule has 0 aliphatic carbocycles. The van der Waals surface area contributed by atoms with Crippen LogP contribution >= 0.6 is 11.3 Å². The zero-order chi connectivity index (χ0) is 26.9. The maximum Gasteiger partial charge on any atom is 0.490 e. The van der Waals surface area contributed by atoms with Crippen LogP contribution in [0.15, 0.2) is 17.5 Å². The minimum Gasteiger partial charge on any atom is -0.475 e. The van der Waals surface area contributed by atoms with E-state index in [1.807, 2.05) is 11.3 Å². The van der Waals surface area contributed by atoms with Crippen LogP contribution in [0.2, 0.25) is 0 Å². The Morgan fingerprint density at radius 3 is 2.03 bits per heavy atom. The van der Waals surface area contributed by atoms with E-state index in [1.165, 1.54) is 50.4 Å². The topological polar surface area (TPSA) is 93.5 Å². The maximum atomic E-state index is 10.6. The van der Waals surface area contributed by atoms with Gasteiger partial charge in [0.15, 0.2) is 0 Å². The van der Waals surface area contributed by atoms with Crippen LogP contribution in [0.3, 0.4) is 0 Å². The van der Waals surface area contributed by atoms with Crippen LogP contribution in [0.4, 0.5) is 26.3 Å². The zero-order valence-electron chi connectivity index (χ0n) is 19.3. The summed E-state index contributed by atoms with van der Waals surface area (Å²) in [6.07, 6.45) is -6.96. The number of thiophene rings is 1. The van der Waals surface area contributed by atoms with Crippen LogP contribution in [0.25, 0.3) is 0 Å². The minimum atomic E-state index is -5.08. The molecule has 0 amide bonds. The molecule has 4 heterocycles. The molecule has 3 saturated heterocycles. The molecule has 8 nitrogen and oxygen atoms in total. The Balaban J connectivity index is 0.000000271. The lowest BCUT2D eigenvalue weighted by atomic mass is 10.1. The molecule has 206 valence electrons. The van der Waals surface area contributed by atoms with Gasteiger partial charge in [-0.2, -0.15) is 26.3 Å². The Labute approximate surface area is 208 Å². The van der Waals surface area contributed by atoms with E-state index in [-0.39, 0.29) is 0 Å². The van der Waals surface area contributed by atoms with Crippen molar-refractivity contribution in [2.45, 2.75) is 43.9 Å². The van der Waals surface area contributed by atoms with Gasteiger partial charge in [0.05, 0.1) is 12.7 Å². The van der Waals surface area contributed by atoms with E-state index in [4.69, 9.17) is 24.5 Å². The molecule has 3 aliphatic heterocycles. The van der Waals surface area contributed by atoms with Gasteiger partial charge in [0.1, 0.15) is 0 Å². The van der Waals surface area contributed by atoms with Crippen LogP contribution in [-0.4, -0.2) is 114 Å². The molecular weight excluding hydrogens is 520 g/mol. The number of ether oxygens (including phenoxy) is 1. The third-order valence-electron chi connectivity index (χ3n) is 5.84. The van der Waals surface area contributed by atoms with Crippen molar-refractivity contribution in [3.05, 3.63) is 22.4 Å². The molecule has 1 aromatic rings. The van der Waals surface area contributed by atoms with E-state index < -0.39 is 24.3 Å². The molecule has 15 heteroatoms. The number of aliphatic carboxylic acids is 2. The summed E-state index contributed by atoms with van der Waals surface area (Å²) in [5, 5.41) is 16.4. The molecule has 0 bridgehead atoms. The second-order valence-electron chi connectivity index (χ2n) is 8.44. The first-order valence-corrected chi connectivity index (χ1v) is 12.1. The van der Waals surface area contributed by atoms with Gasteiger partial charge in [-0.15, -0.1) is 11.3 Å². The summed E-state index contributed by atoms with van der Waals surface area (Å²) in [6.45, 7) is 10.5. The molecule has 0 saturated carbocycles. The Bertz CT molecular complexity index is 794. The summed E-state index contributed by atoms with van der Waals surface area (Å²) in [4.78, 5) is 27.2. The molecule has 0 radical (unpaired) electrons. The smallest absolute Gasteiger partial charge is 0.475 e. The normalized spacial score (nSPS) is 23.3. The van der Waals surface area contributed by atoms with Gasteiger partial charge in [-0.25, -0.2) is 9.59 Å². The van der Waals surface area contributed by atoms with Crippen molar-refractivity contribution in [2.75, 3.05) is 52.4 Å². The van der Waals surface area contributed by atoms with Gasteiger partial charge in [-0.3, -0.25) is 9.80 Å². The number of carboxylic acids is 2. The Hall–Kier alpha value is -1.94. The molecule has 3 aliphatic rings. The SMILES string of the molecule is O=C(O)C(F)(F)F.O=C(O)C(F)(F)F.c1csc(CN2C[C@@H]3OCCN(CCN4CCCC4)[C@@H]3C2)c1. The molecular formula is C21H29F6N3O5S. The van der Waals surface area contributed by atoms with Crippen molar-refractivity contribution in [3.8, 4) is 0 Å². The first-order chi connectivity index (χ1) is 16.8. The molecule has 1 aromatic heterocycles. The molecule has 3 fully saturated rings. The second-order valence-corrected chi connectivity index (χ2v) is 9.47. The summed E-state index contributed by atoms with van der Waals surface area (Å²) in [6, 6.07) is 5.01. The lowest BCUT2D eigenvalue weighted by molar-refractivity contribution is -0.193. The number of morpholine rings is 1. The molecule has 2 N–H and O–H groups in total. The predicted molar refractivity (Wildman–Crippen MR) is 118 cm³/mol. The van der Waals surface area contributed by atoms with Gasteiger partial charge < -0.3 is 19.8 Å². The minimum absolute atomic E-state index is 0.423. The van der Waals surface area contributed by atoms with Gasteiger partial charge in [0, 0.05) is 50.2 Å². The second kappa shape index (κ2) is 13.6. The standard InChI is InChI=1S/C17H27N3OS.2C2HF3O2/c1-2-6-18(5-1)7-8-20-9-10-21-17-14-19(13-16(17)20)12-15-4-3-11-22-15;2*3-2(4,5)1(6)7/h3-4,11,16-17H,1-2,5-10,12-14H2;2*(H,6,7)/t16-,17+;;/m1../s1. The summed E-state index contributed by atoms with van der Waals surface area (Å²) >= 11 is 1.87. The molecule has 0 unspecified atom stereocenters. The summed E-state index contributed by atoms with van der Waals surface area (Å²) in [5.41, 5.74) is 0. The maximum absolute atomic E-state index is 10.6. The largest absolute Gasteiger partial charge is 0.490 e. The van der Waals surface area contributed by atoms with Crippen LogP contribution in [0.5, 0.6) is 0 Å². The monoisotopic (exact) mass is 549 g/mol. The quantitative estimate of drug-likeness (QED) is 0.542. The number of hydrogen-bond donors (Lipinski definition) is 2. The fourth-order valence-electron chi connectivity index (χ4n) is 4.14. The predicted octanol–water partition coefficient (Wildman–Crippen LogP) is 3.00. The van der Waals surface area contributed by atoms with Crippen LogP contribution in [0.1, 0.15) is 17.7 Å². The van der Waals surface area contributed by atoms with Crippen molar-refractivity contribution < 1.29 is 50.9 Å². The highest BCUT2D eigenvalue weighted by Gasteiger charge is 2.40. The lowest BCUT2D eigenvalue weighted by Gasteiger charge is -2.37. The number of hydrogen-bond acceptors (Lipinski definition) is 7. The summed E-state index contributed by atoms with van der Waals surface area (Å²) in [5.74, 6) is -5.51. The number of alkyl halides is 6. The van der Waals surface area contributed by atoms with E-state index in [0.717, 1.165) is 26.2 Å². The van der Waals surface area contributed by atoms with Crippen molar-refractivity contribution in [1.82, 2.24) is 14.7 Å². The van der Waals surface area contributed by atoms with E-state index in [0.29, 0.717) is 12.1 Å². The van der Waals surface area contributed by atoms with Crippen LogP contribution < -0.4 is 0 Å². The molecule has 2 atom stereocenters. The molecule has 0 spiro atoms. The van der Waals surface area contributed by atoms with Gasteiger partial charge in [0.2, 0.25) is 0 Å². The number of likely N-dealkylation sites (tertiary alicyclic amines) is 2. The van der Waals surface area contributed by atoms with Crippen molar-refractivity contribution in [2.24, 2.45) is 0 Å². The zero-order valence-corrected chi connectivity index (χ0v) is 20.1. The van der Waals surface area contributed by atoms with Crippen molar-refractivity contribution in [1.29, 1.82) is 0 Å². The van der Waals surface area contributed by atoms with Gasteiger partial charge in [0.25, 0.3) is 0 Å². The number of rotatable bonds is 5.